The van der Waals surface area contributed by atoms with Crippen molar-refractivity contribution in [1.82, 2.24) is 0 Å². The van der Waals surface area contributed by atoms with Crippen LogP contribution in [-0.2, 0) is 19.8 Å². The lowest BCUT2D eigenvalue weighted by atomic mass is 10.1. The topological polar surface area (TPSA) is 36.9 Å². The second-order valence-corrected chi connectivity index (χ2v) is 0.680. The lowest BCUT2D eigenvalue weighted by molar-refractivity contribution is -0.589. The van der Waals surface area contributed by atoms with Gasteiger partial charge in [-0.1, -0.05) is 5.82 Å². The zero-order chi connectivity index (χ0) is 4.95. The van der Waals surface area contributed by atoms with E-state index in [1.807, 2.05) is 0 Å². The highest BCUT2D eigenvalue weighted by Crippen LogP contribution is 1.82. The van der Waals surface area contributed by atoms with Crippen LogP contribution in [0.2, 0.25) is 0 Å². The molecule has 0 amide bonds. The molecule has 0 aliphatic carbocycles. The monoisotopic (exact) mass is 99.0 g/mol. The Balaban J connectivity index is 2.26. The first kappa shape index (κ1) is 4.46. The Morgan fingerprint density at radius 3 is 3.29 bits per heavy atom. The van der Waals surface area contributed by atoms with Crippen molar-refractivity contribution in [2.75, 3.05) is 0 Å². The molecule has 0 unspecified atom stereocenters. The minimum atomic E-state index is 1.09. The van der Waals surface area contributed by atoms with Crippen LogP contribution in [0.15, 0.2) is 0 Å². The number of hydrogen-bond acceptors (Lipinski definition) is 4. The first-order valence-electron chi connectivity index (χ1n) is 1.48. The van der Waals surface area contributed by atoms with Gasteiger partial charge in [-0.3, -0.25) is 9.69 Å². The standard InChI is InChI=1S/C2BO4/c1-2-4-6-7-5-3-1. The molecule has 7 heavy (non-hydrogen) atoms. The number of rotatable bonds is 0. The Morgan fingerprint density at radius 2 is 2.29 bits per heavy atom. The first-order valence-corrected chi connectivity index (χ1v) is 1.48. The molecule has 0 saturated carbocycles. The summed E-state index contributed by atoms with van der Waals surface area (Å²) in [4.78, 5) is 8.00. The van der Waals surface area contributed by atoms with Gasteiger partial charge >= 0.3 is 7.48 Å². The molecule has 5 heteroatoms. The fourth-order valence-electron chi connectivity index (χ4n) is 0.139. The van der Waals surface area contributed by atoms with E-state index >= 15 is 0 Å². The average molecular weight is 98.8 g/mol. The summed E-state index contributed by atoms with van der Waals surface area (Å²) in [6.45, 7) is 0. The van der Waals surface area contributed by atoms with Crippen molar-refractivity contribution in [1.29, 1.82) is 0 Å². The molecule has 1 heterocycles. The molecule has 0 N–H and O–H groups in total. The van der Waals surface area contributed by atoms with Crippen LogP contribution < -0.4 is 0 Å². The predicted octanol–water partition coefficient (Wildman–Crippen LogP) is -0.651. The molecule has 1 aliphatic heterocycles. The molecule has 0 aromatic carbocycles. The third-order valence-electron chi connectivity index (χ3n) is 0.309. The van der Waals surface area contributed by atoms with Gasteiger partial charge in [0.15, 0.2) is 6.11 Å². The Morgan fingerprint density at radius 1 is 1.29 bits per heavy atom. The Hall–Kier alpha value is -0.695. The lowest BCUT2D eigenvalue weighted by Crippen LogP contribution is -1.93. The highest BCUT2D eigenvalue weighted by molar-refractivity contribution is 6.38. The lowest BCUT2D eigenvalue weighted by Gasteiger charge is -1.88. The van der Waals surface area contributed by atoms with Crippen molar-refractivity contribution in [3.8, 4) is 11.9 Å². The van der Waals surface area contributed by atoms with Crippen molar-refractivity contribution >= 4 is 7.48 Å². The average Bonchev–Trinajstić information content (AvgIpc) is 1.90. The molecule has 0 bridgehead atoms. The van der Waals surface area contributed by atoms with Crippen LogP contribution in [0.25, 0.3) is 0 Å². The molecule has 0 spiro atoms. The highest BCUT2D eigenvalue weighted by Gasteiger charge is 1.93. The van der Waals surface area contributed by atoms with Crippen LogP contribution in [0.5, 0.6) is 0 Å². The summed E-state index contributed by atoms with van der Waals surface area (Å²) in [6, 6.07) is 0. The number of hydrogen-bond donors (Lipinski definition) is 0. The fraction of sp³-hybridized carbons (Fsp3) is 0. The molecule has 4 nitrogen and oxygen atoms in total. The molecular weight excluding hydrogens is 98.8 g/mol. The summed E-state index contributed by atoms with van der Waals surface area (Å²) in [5, 5.41) is 7.56. The van der Waals surface area contributed by atoms with Crippen LogP contribution in [-0.4, -0.2) is 7.48 Å². The predicted molar refractivity (Wildman–Crippen MR) is 17.9 cm³/mol. The smallest absolute Gasteiger partial charge is 0.259 e. The van der Waals surface area contributed by atoms with E-state index in [1.54, 1.807) is 0 Å². The van der Waals surface area contributed by atoms with Crippen LogP contribution in [0, 0.1) is 11.9 Å². The molecule has 1 rings (SSSR count). The van der Waals surface area contributed by atoms with E-state index in [9.17, 15) is 0 Å². The maximum Gasteiger partial charge on any atom is 0.446 e. The molecule has 0 saturated heterocycles. The van der Waals surface area contributed by atoms with E-state index in [-0.39, 0.29) is 0 Å². The van der Waals surface area contributed by atoms with Gasteiger partial charge < -0.3 is 0 Å². The van der Waals surface area contributed by atoms with E-state index in [0.717, 1.165) is 7.48 Å². The Bertz CT molecular complexity index is 92.0. The fourth-order valence-corrected chi connectivity index (χ4v) is 0.139. The molecule has 1 aliphatic rings. The van der Waals surface area contributed by atoms with E-state index in [0.29, 0.717) is 0 Å². The Labute approximate surface area is 40.4 Å². The second kappa shape index (κ2) is 2.47. The molecule has 1 radical (unpaired) electrons. The van der Waals surface area contributed by atoms with Gasteiger partial charge in [-0.05, 0) is 5.04 Å². The van der Waals surface area contributed by atoms with E-state index in [1.165, 1.54) is 0 Å². The normalized spacial score (nSPS) is 17.1. The van der Waals surface area contributed by atoms with Gasteiger partial charge in [-0.2, -0.15) is 0 Å². The highest BCUT2D eigenvalue weighted by atomic mass is 17.7. The van der Waals surface area contributed by atoms with Crippen LogP contribution in [0.3, 0.4) is 0 Å². The van der Waals surface area contributed by atoms with Gasteiger partial charge in [0.25, 0.3) is 0 Å². The molecule has 0 fully saturated rings. The van der Waals surface area contributed by atoms with Gasteiger partial charge in [0.2, 0.25) is 0 Å². The summed E-state index contributed by atoms with van der Waals surface area (Å²) in [5.41, 5.74) is 0. The van der Waals surface area contributed by atoms with Gasteiger partial charge in [-0.25, -0.2) is 0 Å². The summed E-state index contributed by atoms with van der Waals surface area (Å²) in [5.74, 6) is 2.28. The maximum absolute atomic E-state index is 4.05. The van der Waals surface area contributed by atoms with Gasteiger partial charge in [0.05, 0.1) is 0 Å². The first-order chi connectivity index (χ1) is 3.50. The van der Waals surface area contributed by atoms with Gasteiger partial charge in [0, 0.05) is 5.04 Å². The summed E-state index contributed by atoms with van der Waals surface area (Å²) in [7, 11) is 1.09. The van der Waals surface area contributed by atoms with E-state index < -0.39 is 0 Å². The minimum Gasteiger partial charge on any atom is -0.259 e. The molecule has 0 atom stereocenters. The zero-order valence-electron chi connectivity index (χ0n) is 3.21. The van der Waals surface area contributed by atoms with Crippen molar-refractivity contribution < 1.29 is 19.8 Å². The molecule has 0 aromatic heterocycles. The van der Waals surface area contributed by atoms with Crippen LogP contribution in [0.4, 0.5) is 0 Å². The summed E-state index contributed by atoms with van der Waals surface area (Å²) < 4.78 is 0. The molecule has 0 aromatic rings. The van der Waals surface area contributed by atoms with Crippen molar-refractivity contribution in [2.45, 2.75) is 0 Å². The van der Waals surface area contributed by atoms with Crippen molar-refractivity contribution in [2.24, 2.45) is 0 Å². The molecule has 35 valence electrons. The van der Waals surface area contributed by atoms with Crippen LogP contribution >= 0.6 is 0 Å². The van der Waals surface area contributed by atoms with Gasteiger partial charge in [-0.15, -0.1) is 0 Å². The van der Waals surface area contributed by atoms with E-state index in [2.05, 4.69) is 31.7 Å². The van der Waals surface area contributed by atoms with E-state index in [4.69, 9.17) is 0 Å². The van der Waals surface area contributed by atoms with Crippen molar-refractivity contribution in [3.63, 3.8) is 0 Å². The second-order valence-electron chi connectivity index (χ2n) is 0.680. The van der Waals surface area contributed by atoms with Crippen LogP contribution in [0.1, 0.15) is 0 Å². The third-order valence-corrected chi connectivity index (χ3v) is 0.309. The molecular formula is C2BO4. The quantitative estimate of drug-likeness (QED) is 0.229. The Kier molecular flexibility index (Phi) is 1.58. The summed E-state index contributed by atoms with van der Waals surface area (Å²) in [6.07, 6.45) is 2.07. The maximum atomic E-state index is 4.05. The summed E-state index contributed by atoms with van der Waals surface area (Å²) >= 11 is 0. The SMILES string of the molecule is [B]1C#COOOO1. The van der Waals surface area contributed by atoms with Gasteiger partial charge in [0.1, 0.15) is 0 Å². The van der Waals surface area contributed by atoms with Crippen molar-refractivity contribution in [3.05, 3.63) is 0 Å². The largest absolute Gasteiger partial charge is 0.446 e. The minimum absolute atomic E-state index is 1.09. The third kappa shape index (κ3) is 1.46. The zero-order valence-corrected chi connectivity index (χ0v) is 3.21.